The lowest BCUT2D eigenvalue weighted by Gasteiger charge is -2.23. The normalized spacial score (nSPS) is 24.3. The molecule has 2 fully saturated rings. The second-order valence-corrected chi connectivity index (χ2v) is 7.11. The number of carbonyl (C=O) groups excluding carboxylic acids is 3. The van der Waals surface area contributed by atoms with E-state index in [1.807, 2.05) is 12.1 Å². The van der Waals surface area contributed by atoms with Crippen LogP contribution in [-0.2, 0) is 16.0 Å². The summed E-state index contributed by atoms with van der Waals surface area (Å²) in [6.07, 6.45) is 2.24. The number of nitrogens with zero attached hydrogens (tertiary/aromatic N) is 2. The Morgan fingerprint density at radius 3 is 2.69 bits per heavy atom. The van der Waals surface area contributed by atoms with Crippen LogP contribution in [-0.4, -0.2) is 59.6 Å². The molecule has 3 heterocycles. The zero-order chi connectivity index (χ0) is 18.3. The molecule has 8 heteroatoms. The van der Waals surface area contributed by atoms with E-state index in [0.29, 0.717) is 31.0 Å². The van der Waals surface area contributed by atoms with E-state index in [1.165, 1.54) is 0 Å². The summed E-state index contributed by atoms with van der Waals surface area (Å²) < 4.78 is 10.6. The van der Waals surface area contributed by atoms with Gasteiger partial charge in [-0.2, -0.15) is 0 Å². The predicted molar refractivity (Wildman–Crippen MR) is 90.7 cm³/mol. The molecule has 8 nitrogen and oxygen atoms in total. The predicted octanol–water partition coefficient (Wildman–Crippen LogP) is 0.891. The quantitative estimate of drug-likeness (QED) is 0.807. The van der Waals surface area contributed by atoms with Gasteiger partial charge in [0.15, 0.2) is 11.5 Å². The number of carbonyl (C=O) groups is 3. The molecule has 4 amide bonds. The van der Waals surface area contributed by atoms with Crippen molar-refractivity contribution in [2.45, 2.75) is 31.7 Å². The largest absolute Gasteiger partial charge is 0.454 e. The van der Waals surface area contributed by atoms with Gasteiger partial charge in [-0.25, -0.2) is 4.79 Å². The van der Waals surface area contributed by atoms with Crippen LogP contribution in [0.15, 0.2) is 18.2 Å². The fourth-order valence-electron chi connectivity index (χ4n) is 3.67. The van der Waals surface area contributed by atoms with Gasteiger partial charge in [0.05, 0.1) is 0 Å². The van der Waals surface area contributed by atoms with Crippen LogP contribution < -0.4 is 14.8 Å². The van der Waals surface area contributed by atoms with Crippen molar-refractivity contribution in [3.63, 3.8) is 0 Å². The van der Waals surface area contributed by atoms with Crippen LogP contribution in [0.25, 0.3) is 0 Å². The van der Waals surface area contributed by atoms with Gasteiger partial charge in [0.25, 0.3) is 5.91 Å². The highest BCUT2D eigenvalue weighted by atomic mass is 16.7. The second-order valence-electron chi connectivity index (χ2n) is 7.11. The number of nitrogens with one attached hydrogen (secondary N) is 1. The van der Waals surface area contributed by atoms with Crippen molar-refractivity contribution >= 4 is 17.8 Å². The average molecular weight is 359 g/mol. The summed E-state index contributed by atoms with van der Waals surface area (Å²) in [6, 6.07) is 4.92. The lowest BCUT2D eigenvalue weighted by molar-refractivity contribution is -0.138. The number of benzene rings is 1. The van der Waals surface area contributed by atoms with E-state index in [9.17, 15) is 14.4 Å². The van der Waals surface area contributed by atoms with Crippen LogP contribution in [0.3, 0.4) is 0 Å². The topological polar surface area (TPSA) is 88.2 Å². The smallest absolute Gasteiger partial charge is 0.325 e. The van der Waals surface area contributed by atoms with Crippen LogP contribution in [0.1, 0.15) is 25.3 Å². The zero-order valence-electron chi connectivity index (χ0n) is 14.6. The molecule has 138 valence electrons. The van der Waals surface area contributed by atoms with Crippen LogP contribution in [0.2, 0.25) is 0 Å². The monoisotopic (exact) mass is 359 g/mol. The number of hydrogen-bond acceptors (Lipinski definition) is 5. The summed E-state index contributed by atoms with van der Waals surface area (Å²) in [5.41, 5.74) is -0.242. The Morgan fingerprint density at radius 2 is 1.92 bits per heavy atom. The van der Waals surface area contributed by atoms with E-state index in [0.717, 1.165) is 23.3 Å². The number of likely N-dealkylation sites (tertiary alicyclic amines) is 1. The van der Waals surface area contributed by atoms with Gasteiger partial charge in [0, 0.05) is 19.5 Å². The van der Waals surface area contributed by atoms with Gasteiger partial charge in [-0.15, -0.1) is 0 Å². The first kappa shape index (κ1) is 16.7. The number of imide groups is 1. The molecule has 0 radical (unpaired) electrons. The molecule has 26 heavy (non-hydrogen) atoms. The maximum Gasteiger partial charge on any atom is 0.325 e. The summed E-state index contributed by atoms with van der Waals surface area (Å²) in [4.78, 5) is 40.2. The van der Waals surface area contributed by atoms with Crippen LogP contribution in [0.4, 0.5) is 4.79 Å². The Balaban J connectivity index is 1.47. The summed E-state index contributed by atoms with van der Waals surface area (Å²) in [5, 5.41) is 2.74. The Bertz CT molecular complexity index is 774. The van der Waals surface area contributed by atoms with Crippen molar-refractivity contribution in [2.24, 2.45) is 0 Å². The minimum Gasteiger partial charge on any atom is -0.454 e. The van der Waals surface area contributed by atoms with Crippen molar-refractivity contribution in [2.75, 3.05) is 26.4 Å². The van der Waals surface area contributed by atoms with Gasteiger partial charge in [-0.1, -0.05) is 6.07 Å². The van der Waals surface area contributed by atoms with Crippen LogP contribution in [0.5, 0.6) is 11.5 Å². The second kappa shape index (κ2) is 6.19. The standard InChI is InChI=1S/C18H21N3O5/c1-18(9-12-4-5-13-14(8-12)26-11-25-13)16(23)21(17(24)19-18)10-15(22)20-6-2-3-7-20/h4-5,8H,2-3,6-7,9-11H2,1H3,(H,19,24)/t18-/m0/s1. The molecule has 1 N–H and O–H groups in total. The fraction of sp³-hybridized carbons (Fsp3) is 0.500. The summed E-state index contributed by atoms with van der Waals surface area (Å²) in [5.74, 6) is 0.730. The molecular weight excluding hydrogens is 338 g/mol. The molecule has 0 saturated carbocycles. The van der Waals surface area contributed by atoms with Crippen molar-refractivity contribution in [1.82, 2.24) is 15.1 Å². The number of urea groups is 1. The SMILES string of the molecule is C[C@@]1(Cc2ccc3c(c2)OCO3)NC(=O)N(CC(=O)N2CCCC2)C1=O. The van der Waals surface area contributed by atoms with E-state index < -0.39 is 11.6 Å². The first-order valence-corrected chi connectivity index (χ1v) is 8.77. The summed E-state index contributed by atoms with van der Waals surface area (Å²) in [6.45, 7) is 3.03. The van der Waals surface area contributed by atoms with E-state index in [2.05, 4.69) is 5.32 Å². The zero-order valence-corrected chi connectivity index (χ0v) is 14.6. The fourth-order valence-corrected chi connectivity index (χ4v) is 3.67. The minimum atomic E-state index is -1.09. The molecule has 2 saturated heterocycles. The van der Waals surface area contributed by atoms with Gasteiger partial charge < -0.3 is 19.7 Å². The first-order valence-electron chi connectivity index (χ1n) is 8.77. The average Bonchev–Trinajstić information content (AvgIpc) is 3.32. The van der Waals surface area contributed by atoms with Crippen molar-refractivity contribution < 1.29 is 23.9 Å². The number of hydrogen-bond donors (Lipinski definition) is 1. The highest BCUT2D eigenvalue weighted by molar-refractivity contribution is 6.09. The van der Waals surface area contributed by atoms with Crippen molar-refractivity contribution in [3.05, 3.63) is 23.8 Å². The molecular formula is C18H21N3O5. The molecule has 0 bridgehead atoms. The Kier molecular flexibility index (Phi) is 3.97. The molecule has 3 aliphatic heterocycles. The van der Waals surface area contributed by atoms with Gasteiger partial charge in [-0.05, 0) is 37.5 Å². The lowest BCUT2D eigenvalue weighted by Crippen LogP contribution is -2.47. The Hall–Kier alpha value is -2.77. The molecule has 0 unspecified atom stereocenters. The molecule has 1 aromatic carbocycles. The van der Waals surface area contributed by atoms with E-state index >= 15 is 0 Å². The minimum absolute atomic E-state index is 0.179. The number of fused-ring (bicyclic) bond motifs is 1. The van der Waals surface area contributed by atoms with Crippen LogP contribution >= 0.6 is 0 Å². The number of rotatable bonds is 4. The Labute approximate surface area is 151 Å². The van der Waals surface area contributed by atoms with Gasteiger partial charge in [-0.3, -0.25) is 14.5 Å². The summed E-state index contributed by atoms with van der Waals surface area (Å²) in [7, 11) is 0. The van der Waals surface area contributed by atoms with E-state index in [-0.39, 0.29) is 25.2 Å². The molecule has 0 aromatic heterocycles. The summed E-state index contributed by atoms with van der Waals surface area (Å²) >= 11 is 0. The third-order valence-electron chi connectivity index (χ3n) is 5.09. The maximum atomic E-state index is 12.8. The highest BCUT2D eigenvalue weighted by Crippen LogP contribution is 2.34. The van der Waals surface area contributed by atoms with Gasteiger partial charge >= 0.3 is 6.03 Å². The van der Waals surface area contributed by atoms with E-state index in [4.69, 9.17) is 9.47 Å². The molecule has 3 aliphatic rings. The maximum absolute atomic E-state index is 12.8. The lowest BCUT2D eigenvalue weighted by atomic mass is 9.92. The molecule has 0 aliphatic carbocycles. The first-order chi connectivity index (χ1) is 12.5. The molecule has 1 atom stereocenters. The third kappa shape index (κ3) is 2.85. The third-order valence-corrected chi connectivity index (χ3v) is 5.09. The number of amides is 4. The molecule has 0 spiro atoms. The van der Waals surface area contributed by atoms with Gasteiger partial charge in [0.1, 0.15) is 12.1 Å². The van der Waals surface area contributed by atoms with Crippen LogP contribution in [0, 0.1) is 0 Å². The van der Waals surface area contributed by atoms with Gasteiger partial charge in [0.2, 0.25) is 12.7 Å². The molecule has 4 rings (SSSR count). The Morgan fingerprint density at radius 1 is 1.19 bits per heavy atom. The number of ether oxygens (including phenoxy) is 2. The van der Waals surface area contributed by atoms with Crippen molar-refractivity contribution in [3.8, 4) is 11.5 Å². The highest BCUT2D eigenvalue weighted by Gasteiger charge is 2.48. The molecule has 1 aromatic rings. The van der Waals surface area contributed by atoms with E-state index in [1.54, 1.807) is 17.9 Å². The van der Waals surface area contributed by atoms with Crippen molar-refractivity contribution in [1.29, 1.82) is 0 Å².